The number of aromatic nitrogens is 1. The zero-order valence-corrected chi connectivity index (χ0v) is 14.5. The van der Waals surface area contributed by atoms with Crippen LogP contribution in [0.4, 0.5) is 20.7 Å². The van der Waals surface area contributed by atoms with Gasteiger partial charge in [0.15, 0.2) is 11.6 Å². The number of aryl methyl sites for hydroxylation is 1. The predicted octanol–water partition coefficient (Wildman–Crippen LogP) is 4.61. The summed E-state index contributed by atoms with van der Waals surface area (Å²) >= 11 is 0. The first-order valence-electron chi connectivity index (χ1n) is 7.51. The van der Waals surface area contributed by atoms with Crippen molar-refractivity contribution in [3.63, 3.8) is 0 Å². The van der Waals surface area contributed by atoms with E-state index in [1.165, 1.54) is 24.1 Å². The van der Waals surface area contributed by atoms with Gasteiger partial charge in [-0.05, 0) is 57.5 Å². The summed E-state index contributed by atoms with van der Waals surface area (Å²) in [5, 5.41) is 0. The van der Waals surface area contributed by atoms with Gasteiger partial charge in [-0.3, -0.25) is 0 Å². The van der Waals surface area contributed by atoms with Gasteiger partial charge in [-0.1, -0.05) is 6.07 Å². The van der Waals surface area contributed by atoms with Crippen LogP contribution in [0.3, 0.4) is 0 Å². The van der Waals surface area contributed by atoms with Gasteiger partial charge in [0.25, 0.3) is 0 Å². The summed E-state index contributed by atoms with van der Waals surface area (Å²) in [6.07, 6.45) is 0.915. The Hall–Kier alpha value is -2.63. The Balaban J connectivity index is 2.59. The molecular formula is C18H21FN2O3. The zero-order valence-electron chi connectivity index (χ0n) is 14.5. The molecule has 1 aromatic heterocycles. The first-order valence-corrected chi connectivity index (χ1v) is 7.51. The number of carbonyl (C=O) groups is 1. The van der Waals surface area contributed by atoms with Crippen LogP contribution in [0.2, 0.25) is 0 Å². The van der Waals surface area contributed by atoms with Crippen molar-refractivity contribution in [2.24, 2.45) is 0 Å². The molecule has 2 aromatic rings. The molecule has 1 aromatic carbocycles. The molecule has 5 nitrogen and oxygen atoms in total. The van der Waals surface area contributed by atoms with Crippen molar-refractivity contribution in [3.8, 4) is 5.75 Å². The monoisotopic (exact) mass is 332 g/mol. The van der Waals surface area contributed by atoms with Crippen molar-refractivity contribution in [2.45, 2.75) is 33.3 Å². The number of anilines is 2. The second-order valence-corrected chi connectivity index (χ2v) is 6.30. The van der Waals surface area contributed by atoms with E-state index in [0.717, 1.165) is 5.56 Å². The number of pyridine rings is 1. The Kier molecular flexibility index (Phi) is 5.07. The highest BCUT2D eigenvalue weighted by atomic mass is 19.1. The third-order valence-corrected chi connectivity index (χ3v) is 3.10. The summed E-state index contributed by atoms with van der Waals surface area (Å²) in [4.78, 5) is 18.2. The maximum Gasteiger partial charge on any atom is 0.420 e. The molecule has 0 fully saturated rings. The lowest BCUT2D eigenvalue weighted by Crippen LogP contribution is -2.34. The highest BCUT2D eigenvalue weighted by Crippen LogP contribution is 2.36. The van der Waals surface area contributed by atoms with E-state index in [9.17, 15) is 9.18 Å². The molecule has 128 valence electrons. The number of carbonyl (C=O) groups excluding carboxylic acids is 1. The van der Waals surface area contributed by atoms with E-state index in [-0.39, 0.29) is 11.4 Å². The molecule has 2 rings (SSSR count). The Morgan fingerprint density at radius 3 is 2.54 bits per heavy atom. The predicted molar refractivity (Wildman–Crippen MR) is 90.3 cm³/mol. The number of rotatable bonds is 3. The van der Waals surface area contributed by atoms with Gasteiger partial charge >= 0.3 is 6.09 Å². The molecule has 0 spiro atoms. The van der Waals surface area contributed by atoms with Crippen molar-refractivity contribution in [1.29, 1.82) is 0 Å². The fourth-order valence-electron chi connectivity index (χ4n) is 2.14. The standard InChI is InChI=1S/C18H21FN2O3/c1-12-9-10-20-15(11-12)21(17(22)24-18(2,3)4)14-8-6-7-13(19)16(14)23-5/h6-11H,1-5H3. The third kappa shape index (κ3) is 4.01. The van der Waals surface area contributed by atoms with E-state index in [4.69, 9.17) is 9.47 Å². The number of para-hydroxylation sites is 1. The number of ether oxygens (including phenoxy) is 2. The van der Waals surface area contributed by atoms with Crippen LogP contribution in [-0.2, 0) is 4.74 Å². The molecule has 1 amide bonds. The molecule has 0 atom stereocenters. The number of amides is 1. The topological polar surface area (TPSA) is 51.7 Å². The Morgan fingerprint density at radius 1 is 1.25 bits per heavy atom. The van der Waals surface area contributed by atoms with E-state index in [1.807, 2.05) is 6.92 Å². The summed E-state index contributed by atoms with van der Waals surface area (Å²) < 4.78 is 24.7. The Labute approximate surface area is 141 Å². The summed E-state index contributed by atoms with van der Waals surface area (Å²) in [5.41, 5.74) is 0.425. The molecule has 0 radical (unpaired) electrons. The van der Waals surface area contributed by atoms with Crippen LogP contribution < -0.4 is 9.64 Å². The van der Waals surface area contributed by atoms with E-state index in [0.29, 0.717) is 5.82 Å². The minimum Gasteiger partial charge on any atom is -0.492 e. The first-order chi connectivity index (χ1) is 11.2. The fraction of sp³-hybridized carbons (Fsp3) is 0.333. The quantitative estimate of drug-likeness (QED) is 0.823. The fourth-order valence-corrected chi connectivity index (χ4v) is 2.14. The number of nitrogens with zero attached hydrogens (tertiary/aromatic N) is 2. The number of hydrogen-bond acceptors (Lipinski definition) is 4. The molecule has 0 aliphatic heterocycles. The van der Waals surface area contributed by atoms with Gasteiger partial charge in [0, 0.05) is 6.20 Å². The average molecular weight is 332 g/mol. The second-order valence-electron chi connectivity index (χ2n) is 6.30. The van der Waals surface area contributed by atoms with Crippen LogP contribution in [0.25, 0.3) is 0 Å². The van der Waals surface area contributed by atoms with E-state index >= 15 is 0 Å². The van der Waals surface area contributed by atoms with E-state index in [2.05, 4.69) is 4.98 Å². The van der Waals surface area contributed by atoms with Crippen LogP contribution in [0, 0.1) is 12.7 Å². The van der Waals surface area contributed by atoms with Crippen molar-refractivity contribution in [1.82, 2.24) is 4.98 Å². The lowest BCUT2D eigenvalue weighted by molar-refractivity contribution is 0.0597. The number of hydrogen-bond donors (Lipinski definition) is 0. The molecule has 0 saturated carbocycles. The normalized spacial score (nSPS) is 11.1. The molecule has 6 heteroatoms. The van der Waals surface area contributed by atoms with Crippen molar-refractivity contribution >= 4 is 17.6 Å². The van der Waals surface area contributed by atoms with Gasteiger partial charge in [0.05, 0.1) is 12.8 Å². The highest BCUT2D eigenvalue weighted by Gasteiger charge is 2.29. The Morgan fingerprint density at radius 2 is 1.96 bits per heavy atom. The Bertz CT molecular complexity index is 741. The van der Waals surface area contributed by atoms with Gasteiger partial charge in [0.1, 0.15) is 11.4 Å². The van der Waals surface area contributed by atoms with Gasteiger partial charge in [-0.15, -0.1) is 0 Å². The summed E-state index contributed by atoms with van der Waals surface area (Å²) in [7, 11) is 1.35. The number of halogens is 1. The molecule has 0 N–H and O–H groups in total. The second kappa shape index (κ2) is 6.86. The van der Waals surface area contributed by atoms with Gasteiger partial charge in [-0.2, -0.15) is 0 Å². The number of methoxy groups -OCH3 is 1. The summed E-state index contributed by atoms with van der Waals surface area (Å²) in [6.45, 7) is 7.15. The minimum atomic E-state index is -0.709. The van der Waals surface area contributed by atoms with Gasteiger partial charge < -0.3 is 9.47 Å². The smallest absolute Gasteiger partial charge is 0.420 e. The first kappa shape index (κ1) is 17.7. The summed E-state index contributed by atoms with van der Waals surface area (Å²) in [5.74, 6) is -0.295. The lowest BCUT2D eigenvalue weighted by Gasteiger charge is -2.28. The molecule has 0 saturated heterocycles. The maximum atomic E-state index is 14.1. The van der Waals surface area contributed by atoms with Crippen LogP contribution in [0.5, 0.6) is 5.75 Å². The largest absolute Gasteiger partial charge is 0.492 e. The molecule has 0 aliphatic rings. The molecule has 0 unspecified atom stereocenters. The van der Waals surface area contributed by atoms with Crippen molar-refractivity contribution < 1.29 is 18.7 Å². The SMILES string of the molecule is COc1c(F)cccc1N(C(=O)OC(C)(C)C)c1cc(C)ccn1. The third-order valence-electron chi connectivity index (χ3n) is 3.10. The maximum absolute atomic E-state index is 14.1. The van der Waals surface area contributed by atoms with Crippen LogP contribution >= 0.6 is 0 Å². The highest BCUT2D eigenvalue weighted by molar-refractivity contribution is 5.96. The summed E-state index contributed by atoms with van der Waals surface area (Å²) in [6, 6.07) is 7.86. The van der Waals surface area contributed by atoms with Crippen LogP contribution in [-0.4, -0.2) is 23.8 Å². The minimum absolute atomic E-state index is 0.0494. The van der Waals surface area contributed by atoms with Crippen molar-refractivity contribution in [2.75, 3.05) is 12.0 Å². The molecule has 0 aliphatic carbocycles. The molecule has 1 heterocycles. The number of benzene rings is 1. The van der Waals surface area contributed by atoms with Crippen LogP contribution in [0.1, 0.15) is 26.3 Å². The average Bonchev–Trinajstić information content (AvgIpc) is 2.46. The zero-order chi connectivity index (χ0) is 17.9. The van der Waals surface area contributed by atoms with E-state index in [1.54, 1.807) is 45.2 Å². The van der Waals surface area contributed by atoms with E-state index < -0.39 is 17.5 Å². The molecule has 24 heavy (non-hydrogen) atoms. The van der Waals surface area contributed by atoms with Gasteiger partial charge in [0.2, 0.25) is 0 Å². The van der Waals surface area contributed by atoms with Crippen molar-refractivity contribution in [3.05, 3.63) is 47.9 Å². The molecular weight excluding hydrogens is 311 g/mol. The van der Waals surface area contributed by atoms with Gasteiger partial charge in [-0.25, -0.2) is 19.1 Å². The lowest BCUT2D eigenvalue weighted by atomic mass is 10.2. The van der Waals surface area contributed by atoms with Crippen LogP contribution in [0.15, 0.2) is 36.5 Å². The molecule has 0 bridgehead atoms.